The molecule has 0 unspecified atom stereocenters. The molecule has 24 heteroatoms. The quantitative estimate of drug-likeness (QED) is 0.128. The zero-order valence-electron chi connectivity index (χ0n) is 11.0. The summed E-state index contributed by atoms with van der Waals surface area (Å²) in [5.74, 6) is 0. The van der Waals surface area contributed by atoms with Crippen molar-refractivity contribution in [1.82, 2.24) is 0 Å². The molecule has 0 heterocycles. The molecule has 0 spiro atoms. The average Bonchev–Trinajstić information content (AvgIpc) is 1.62. The van der Waals surface area contributed by atoms with E-state index < -0.39 is 31.6 Å². The number of rotatable bonds is 0. The summed E-state index contributed by atoms with van der Waals surface area (Å²) >= 11 is 0. The van der Waals surface area contributed by atoms with Gasteiger partial charge >= 0.3 is 182 Å². The van der Waals surface area contributed by atoms with Crippen molar-refractivity contribution in [3.8, 4) is 0 Å². The Morgan fingerprint density at radius 2 is 0.375 bits per heavy atom. The normalized spacial score (nSPS) is 9.83. The van der Waals surface area contributed by atoms with Gasteiger partial charge < -0.3 is 57.4 Å². The van der Waals surface area contributed by atoms with Crippen LogP contribution >= 0.6 is 31.6 Å². The fourth-order valence-corrected chi connectivity index (χ4v) is 0. The van der Waals surface area contributed by atoms with Crippen molar-refractivity contribution in [2.24, 2.45) is 0 Å². The van der Waals surface area contributed by atoms with Crippen molar-refractivity contribution in [2.75, 3.05) is 0 Å². The zero-order chi connectivity index (χ0) is 18.0. The van der Waals surface area contributed by atoms with Gasteiger partial charge in [0.1, 0.15) is 31.6 Å². The van der Waals surface area contributed by atoms with Gasteiger partial charge in [0.05, 0.1) is 0 Å². The molecule has 12 nitrogen and oxygen atoms in total. The Morgan fingerprint density at radius 3 is 0.375 bits per heavy atom. The van der Waals surface area contributed by atoms with Gasteiger partial charge in [-0.05, 0) is 0 Å². The maximum Gasteiger partial charge on any atom is 2.00 e. The van der Waals surface area contributed by atoms with Gasteiger partial charge in [0.2, 0.25) is 0 Å². The first-order valence-electron chi connectivity index (χ1n) is 2.87. The Labute approximate surface area is 280 Å². The van der Waals surface area contributed by atoms with Crippen molar-refractivity contribution in [2.45, 2.75) is 0 Å². The Kier molecular flexibility index (Phi) is 55.5. The molecule has 0 rings (SSSR count). The second kappa shape index (κ2) is 25.5. The predicted molar refractivity (Wildman–Crippen MR) is 57.9 cm³/mol. The topological polar surface area (TPSA) is 253 Å². The van der Waals surface area contributed by atoms with Crippen LogP contribution in [0.5, 0.6) is 0 Å². The molecular formula is F4O12P4Sr4. The predicted octanol–water partition coefficient (Wildman–Crippen LogP) is -6.38. The molecule has 128 valence electrons. The Morgan fingerprint density at radius 1 is 0.375 bits per heavy atom. The third-order valence-electron chi connectivity index (χ3n) is 0. The fraction of sp³-hybridized carbons (Fsp3) is 0. The van der Waals surface area contributed by atoms with Crippen LogP contribution in [0.3, 0.4) is 0 Å². The molecule has 0 saturated heterocycles. The van der Waals surface area contributed by atoms with E-state index in [-0.39, 0.29) is 182 Å². The maximum atomic E-state index is 10.1. The monoisotopic (exact) mass is 743 g/mol. The third-order valence-corrected chi connectivity index (χ3v) is 0. The summed E-state index contributed by atoms with van der Waals surface area (Å²) < 4.78 is 74.3. The largest absolute Gasteiger partial charge is 2.00 e. The van der Waals surface area contributed by atoms with Crippen LogP contribution in [0.25, 0.3) is 0 Å². The SMILES string of the molecule is O=P([O-])([O-])F.O=P([O-])([O-])F.O=P([O-])([O-])F.O=P([O-])([O-])F.[Sr+2].[Sr+2].[Sr+2].[Sr+2]. The van der Waals surface area contributed by atoms with Crippen LogP contribution < -0.4 is 39.1 Å². The van der Waals surface area contributed by atoms with Crippen LogP contribution in [0, 0.1) is 0 Å². The minimum Gasteiger partial charge on any atom is -0.786 e. The standard InChI is InChI=1S/4FH2O3P.4Sr/c4*1-5(2,3)4;;;;/h4*(H2,2,3,4);;;;/q;;;;4*+2/p-8. The van der Waals surface area contributed by atoms with E-state index in [1.165, 1.54) is 0 Å². The smallest absolute Gasteiger partial charge is 0.786 e. The van der Waals surface area contributed by atoms with Crippen molar-refractivity contribution >= 4 is 214 Å². The Bertz CT molecular complexity index is 308. The first-order chi connectivity index (χ1) is 8.00. The summed E-state index contributed by atoms with van der Waals surface area (Å²) in [7, 11) is -22.6. The van der Waals surface area contributed by atoms with Gasteiger partial charge in [-0.15, -0.1) is 0 Å². The van der Waals surface area contributed by atoms with E-state index in [9.17, 15) is 16.8 Å². The molecule has 0 amide bonds. The van der Waals surface area contributed by atoms with Crippen LogP contribution in [-0.2, 0) is 18.3 Å². The summed E-state index contributed by atoms with van der Waals surface area (Å²) in [5.41, 5.74) is 0. The van der Waals surface area contributed by atoms with Crippen molar-refractivity contribution in [3.05, 3.63) is 0 Å². The zero-order valence-corrected chi connectivity index (χ0v) is 28.5. The van der Waals surface area contributed by atoms with E-state index in [2.05, 4.69) is 0 Å². The second-order valence-electron chi connectivity index (χ2n) is 1.72. The molecule has 0 radical (unpaired) electrons. The van der Waals surface area contributed by atoms with Crippen molar-refractivity contribution in [1.29, 1.82) is 0 Å². The van der Waals surface area contributed by atoms with Crippen LogP contribution in [0.15, 0.2) is 0 Å². The number of hydrogen-bond donors (Lipinski definition) is 0. The molecule has 0 saturated carbocycles. The summed E-state index contributed by atoms with van der Waals surface area (Å²) in [4.78, 5) is 67.5. The van der Waals surface area contributed by atoms with Crippen LogP contribution in [0.1, 0.15) is 0 Å². The summed E-state index contributed by atoms with van der Waals surface area (Å²) in [6.45, 7) is 0. The maximum absolute atomic E-state index is 10.1. The summed E-state index contributed by atoms with van der Waals surface area (Å²) in [6.07, 6.45) is 0. The van der Waals surface area contributed by atoms with E-state index in [0.29, 0.717) is 0 Å². The van der Waals surface area contributed by atoms with Gasteiger partial charge in [0, 0.05) is 0 Å². The Balaban J connectivity index is -0.0000000225. The van der Waals surface area contributed by atoms with Gasteiger partial charge in [-0.1, -0.05) is 0 Å². The van der Waals surface area contributed by atoms with E-state index in [4.69, 9.17) is 57.4 Å². The summed E-state index contributed by atoms with van der Waals surface area (Å²) in [6, 6.07) is 0. The minimum atomic E-state index is -5.64. The Hall–Kier alpha value is 6.24. The van der Waals surface area contributed by atoms with E-state index in [1.54, 1.807) is 0 Å². The molecule has 0 bridgehead atoms. The molecule has 0 aromatic heterocycles. The van der Waals surface area contributed by atoms with Gasteiger partial charge in [-0.3, -0.25) is 0 Å². The number of halogens is 4. The summed E-state index contributed by atoms with van der Waals surface area (Å²) in [5, 5.41) is 0. The average molecular weight is 742 g/mol. The molecule has 0 fully saturated rings. The van der Waals surface area contributed by atoms with Gasteiger partial charge in [-0.2, -0.15) is 0 Å². The molecular weight excluding hydrogens is 742 g/mol. The molecule has 24 heavy (non-hydrogen) atoms. The number of hydrogen-bond acceptors (Lipinski definition) is 12. The van der Waals surface area contributed by atoms with E-state index >= 15 is 0 Å². The molecule has 0 aromatic rings. The van der Waals surface area contributed by atoms with Crippen molar-refractivity contribution < 1.29 is 74.2 Å². The van der Waals surface area contributed by atoms with E-state index in [1.807, 2.05) is 0 Å². The minimum absolute atomic E-state index is 0. The molecule has 0 aromatic carbocycles. The van der Waals surface area contributed by atoms with Gasteiger partial charge in [-0.25, -0.2) is 16.8 Å². The second-order valence-corrected chi connectivity index (χ2v) is 5.17. The van der Waals surface area contributed by atoms with Crippen molar-refractivity contribution in [3.63, 3.8) is 0 Å². The molecule has 0 N–H and O–H groups in total. The molecule has 0 atom stereocenters. The van der Waals surface area contributed by atoms with Crippen LogP contribution in [0.4, 0.5) is 16.8 Å². The van der Waals surface area contributed by atoms with Gasteiger partial charge in [0.15, 0.2) is 0 Å². The van der Waals surface area contributed by atoms with Crippen LogP contribution in [0.2, 0.25) is 0 Å². The molecule has 0 aliphatic rings. The molecule has 0 aliphatic heterocycles. The van der Waals surface area contributed by atoms with Gasteiger partial charge in [0.25, 0.3) is 0 Å². The first kappa shape index (κ1) is 52.3. The first-order valence-corrected chi connectivity index (χ1v) is 8.60. The van der Waals surface area contributed by atoms with Crippen LogP contribution in [-0.4, -0.2) is 182 Å². The van der Waals surface area contributed by atoms with E-state index in [0.717, 1.165) is 0 Å². The third kappa shape index (κ3) is 538. The molecule has 0 aliphatic carbocycles. The fourth-order valence-electron chi connectivity index (χ4n) is 0.